The van der Waals surface area contributed by atoms with E-state index in [2.05, 4.69) is 31.6 Å². The Balaban J connectivity index is 1.42. The molecule has 0 spiro atoms. The topological polar surface area (TPSA) is 41.4 Å². The number of likely N-dealkylation sites (tertiary alicyclic amines) is 1. The third kappa shape index (κ3) is 2.35. The molecule has 0 N–H and O–H groups in total. The average molecular weight is 322 g/mol. The van der Waals surface area contributed by atoms with E-state index in [1.54, 1.807) is 0 Å². The summed E-state index contributed by atoms with van der Waals surface area (Å²) >= 11 is 0. The summed E-state index contributed by atoms with van der Waals surface area (Å²) < 4.78 is 2.21. The summed E-state index contributed by atoms with van der Waals surface area (Å²) in [6.07, 6.45) is 8.39. The molecule has 1 aliphatic carbocycles. The average Bonchev–Trinajstić information content (AvgIpc) is 3.11. The largest absolute Gasteiger partial charge is 0.337 e. The third-order valence-corrected chi connectivity index (χ3v) is 5.63. The second-order valence-corrected chi connectivity index (χ2v) is 7.39. The van der Waals surface area contributed by atoms with Crippen molar-refractivity contribution in [2.75, 3.05) is 19.6 Å². The Kier molecular flexibility index (Phi) is 3.23. The predicted octanol–water partition coefficient (Wildman–Crippen LogP) is 2.17. The van der Waals surface area contributed by atoms with Crippen LogP contribution < -0.4 is 0 Å². The fourth-order valence-corrected chi connectivity index (χ4v) is 4.26. The van der Waals surface area contributed by atoms with Crippen LogP contribution >= 0.6 is 0 Å². The van der Waals surface area contributed by atoms with Gasteiger partial charge in [0.05, 0.1) is 12.1 Å². The molecule has 2 aliphatic heterocycles. The van der Waals surface area contributed by atoms with Gasteiger partial charge < -0.3 is 9.47 Å². The van der Waals surface area contributed by atoms with Gasteiger partial charge >= 0.3 is 0 Å². The molecule has 2 atom stereocenters. The quantitative estimate of drug-likeness (QED) is 0.866. The highest BCUT2D eigenvalue weighted by Gasteiger charge is 2.46. The molecule has 4 heterocycles. The van der Waals surface area contributed by atoms with Crippen LogP contribution in [-0.2, 0) is 6.54 Å². The number of hydrogen-bond acceptors (Lipinski definition) is 3. The molecular weight excluding hydrogens is 300 g/mol. The van der Waals surface area contributed by atoms with E-state index in [-0.39, 0.29) is 5.91 Å². The van der Waals surface area contributed by atoms with Crippen LogP contribution in [0.5, 0.6) is 0 Å². The number of pyridine rings is 1. The molecule has 1 saturated heterocycles. The predicted molar refractivity (Wildman–Crippen MR) is 90.5 cm³/mol. The van der Waals surface area contributed by atoms with Gasteiger partial charge in [0.15, 0.2) is 0 Å². The van der Waals surface area contributed by atoms with E-state index in [1.165, 1.54) is 18.4 Å². The molecule has 5 rings (SSSR count). The third-order valence-electron chi connectivity index (χ3n) is 5.63. The molecule has 3 aliphatic rings. The zero-order valence-corrected chi connectivity index (χ0v) is 13.7. The lowest BCUT2D eigenvalue weighted by atomic mass is 10.1. The minimum absolute atomic E-state index is 0.219. The normalized spacial score (nSPS) is 26.5. The van der Waals surface area contributed by atoms with Crippen LogP contribution in [0, 0.1) is 5.92 Å². The minimum atomic E-state index is 0.219. The van der Waals surface area contributed by atoms with Gasteiger partial charge in [0.25, 0.3) is 5.91 Å². The number of carbonyl (C=O) groups excluding carboxylic acids is 1. The van der Waals surface area contributed by atoms with E-state index >= 15 is 0 Å². The first-order valence-corrected chi connectivity index (χ1v) is 8.88. The molecule has 5 heteroatoms. The summed E-state index contributed by atoms with van der Waals surface area (Å²) in [6.45, 7) is 3.79. The molecule has 2 aromatic rings. The molecule has 0 unspecified atom stereocenters. The number of amides is 1. The van der Waals surface area contributed by atoms with Crippen LogP contribution in [-0.4, -0.2) is 50.9 Å². The Labute approximate surface area is 141 Å². The lowest BCUT2D eigenvalue weighted by Crippen LogP contribution is -2.51. The number of nitrogens with zero attached hydrogens (tertiary/aromatic N) is 4. The molecule has 2 fully saturated rings. The van der Waals surface area contributed by atoms with Crippen molar-refractivity contribution < 1.29 is 4.79 Å². The number of aromatic nitrogens is 2. The Hall–Kier alpha value is -2.14. The molecule has 1 saturated carbocycles. The van der Waals surface area contributed by atoms with Gasteiger partial charge in [-0.2, -0.15) is 0 Å². The Morgan fingerprint density at radius 2 is 2.00 bits per heavy atom. The highest BCUT2D eigenvalue weighted by atomic mass is 16.2. The van der Waals surface area contributed by atoms with Gasteiger partial charge in [0, 0.05) is 44.8 Å². The van der Waals surface area contributed by atoms with Gasteiger partial charge in [-0.1, -0.05) is 6.07 Å². The van der Waals surface area contributed by atoms with Crippen molar-refractivity contribution in [3.8, 4) is 0 Å². The Bertz CT molecular complexity index is 752. The van der Waals surface area contributed by atoms with Crippen molar-refractivity contribution in [3.63, 3.8) is 0 Å². The molecule has 124 valence electrons. The van der Waals surface area contributed by atoms with E-state index in [4.69, 9.17) is 0 Å². The lowest BCUT2D eigenvalue weighted by molar-refractivity contribution is 0.0565. The summed E-state index contributed by atoms with van der Waals surface area (Å²) in [7, 11) is 0. The van der Waals surface area contributed by atoms with Gasteiger partial charge in [0.1, 0.15) is 5.69 Å². The van der Waals surface area contributed by atoms with Crippen molar-refractivity contribution in [1.82, 2.24) is 19.4 Å². The van der Waals surface area contributed by atoms with Gasteiger partial charge in [-0.25, -0.2) is 0 Å². The second kappa shape index (κ2) is 5.45. The van der Waals surface area contributed by atoms with Gasteiger partial charge in [-0.3, -0.25) is 14.7 Å². The maximum atomic E-state index is 12.9. The van der Waals surface area contributed by atoms with Crippen molar-refractivity contribution in [1.29, 1.82) is 0 Å². The molecule has 0 radical (unpaired) electrons. The summed E-state index contributed by atoms with van der Waals surface area (Å²) in [4.78, 5) is 21.8. The molecule has 0 bridgehead atoms. The van der Waals surface area contributed by atoms with Gasteiger partial charge in [-0.15, -0.1) is 0 Å². The maximum Gasteiger partial charge on any atom is 0.270 e. The smallest absolute Gasteiger partial charge is 0.270 e. The highest BCUT2D eigenvalue weighted by Crippen LogP contribution is 2.38. The first-order chi connectivity index (χ1) is 11.8. The minimum Gasteiger partial charge on any atom is -0.337 e. The van der Waals surface area contributed by atoms with E-state index < -0.39 is 0 Å². The molecule has 0 aromatic carbocycles. The van der Waals surface area contributed by atoms with Crippen LogP contribution in [0.3, 0.4) is 0 Å². The van der Waals surface area contributed by atoms with Crippen molar-refractivity contribution in [2.24, 2.45) is 5.92 Å². The zero-order chi connectivity index (χ0) is 16.1. The van der Waals surface area contributed by atoms with Crippen LogP contribution in [0.15, 0.2) is 42.9 Å². The molecule has 1 amide bonds. The second-order valence-electron chi connectivity index (χ2n) is 7.39. The van der Waals surface area contributed by atoms with Crippen LogP contribution in [0.1, 0.15) is 34.9 Å². The standard InChI is InChI=1S/C19H22N4O/c24-19-16-4-2-8-22(16)17-12-21(10-15-3-1-7-20-9-15)13-18(17)23(19)11-14-5-6-14/h1-4,7-9,14,17-18H,5-6,10-13H2/t17-,18-/m0/s1. The van der Waals surface area contributed by atoms with Gasteiger partial charge in [0.2, 0.25) is 0 Å². The number of carbonyl (C=O) groups is 1. The Morgan fingerprint density at radius 1 is 1.12 bits per heavy atom. The fourth-order valence-electron chi connectivity index (χ4n) is 4.26. The molecule has 2 aromatic heterocycles. The van der Waals surface area contributed by atoms with E-state index in [0.29, 0.717) is 12.1 Å². The van der Waals surface area contributed by atoms with Crippen molar-refractivity contribution >= 4 is 5.91 Å². The number of hydrogen-bond donors (Lipinski definition) is 0. The van der Waals surface area contributed by atoms with E-state index in [0.717, 1.165) is 37.8 Å². The number of fused-ring (bicyclic) bond motifs is 3. The molecule has 24 heavy (non-hydrogen) atoms. The van der Waals surface area contributed by atoms with Crippen LogP contribution in [0.4, 0.5) is 0 Å². The SMILES string of the molecule is O=C1c2cccn2[C@H]2CN(Cc3cccnc3)C[C@@H]2N1CC1CC1. The monoisotopic (exact) mass is 322 g/mol. The summed E-state index contributed by atoms with van der Waals surface area (Å²) in [5.74, 6) is 0.944. The summed E-state index contributed by atoms with van der Waals surface area (Å²) in [5.41, 5.74) is 2.10. The van der Waals surface area contributed by atoms with E-state index in [9.17, 15) is 4.79 Å². The first kappa shape index (κ1) is 14.2. The fraction of sp³-hybridized carbons (Fsp3) is 0.474. The van der Waals surface area contributed by atoms with Crippen molar-refractivity contribution in [3.05, 3.63) is 54.1 Å². The van der Waals surface area contributed by atoms with Crippen LogP contribution in [0.2, 0.25) is 0 Å². The van der Waals surface area contributed by atoms with Gasteiger partial charge in [-0.05, 0) is 42.5 Å². The van der Waals surface area contributed by atoms with Crippen LogP contribution in [0.25, 0.3) is 0 Å². The zero-order valence-electron chi connectivity index (χ0n) is 13.7. The highest BCUT2D eigenvalue weighted by molar-refractivity contribution is 5.94. The first-order valence-electron chi connectivity index (χ1n) is 8.88. The lowest BCUT2D eigenvalue weighted by Gasteiger charge is -2.38. The summed E-state index contributed by atoms with van der Waals surface area (Å²) in [6, 6.07) is 8.78. The van der Waals surface area contributed by atoms with Crippen molar-refractivity contribution in [2.45, 2.75) is 31.5 Å². The number of rotatable bonds is 4. The maximum absolute atomic E-state index is 12.9. The molecule has 5 nitrogen and oxygen atoms in total. The Morgan fingerprint density at radius 3 is 2.79 bits per heavy atom. The summed E-state index contributed by atoms with van der Waals surface area (Å²) in [5, 5.41) is 0. The van der Waals surface area contributed by atoms with E-state index in [1.807, 2.05) is 30.6 Å². The molecular formula is C19H22N4O.